The quantitative estimate of drug-likeness (QED) is 0.903. The number of pyridine rings is 1. The van der Waals surface area contributed by atoms with E-state index in [0.717, 1.165) is 37.1 Å². The molecule has 1 aliphatic carbocycles. The van der Waals surface area contributed by atoms with Crippen molar-refractivity contribution in [3.05, 3.63) is 24.5 Å². The third kappa shape index (κ3) is 2.40. The predicted octanol–water partition coefficient (Wildman–Crippen LogP) is 3.02. The van der Waals surface area contributed by atoms with Crippen molar-refractivity contribution >= 4 is 16.7 Å². The van der Waals surface area contributed by atoms with Gasteiger partial charge in [0.05, 0.1) is 6.10 Å². The third-order valence-corrected chi connectivity index (χ3v) is 4.51. The number of nitrogens with one attached hydrogen (secondary N) is 1. The van der Waals surface area contributed by atoms with E-state index < -0.39 is 0 Å². The van der Waals surface area contributed by atoms with Gasteiger partial charge in [-0.1, -0.05) is 6.92 Å². The molecule has 4 nitrogen and oxygen atoms in total. The average molecular weight is 273 g/mol. The Morgan fingerprint density at radius 3 is 3.05 bits per heavy atom. The first-order chi connectivity index (χ1) is 9.69. The summed E-state index contributed by atoms with van der Waals surface area (Å²) in [5.41, 5.74) is 2.16. The molecule has 2 aromatic heterocycles. The van der Waals surface area contributed by atoms with Crippen LogP contribution in [0.4, 0.5) is 5.69 Å². The van der Waals surface area contributed by atoms with Crippen molar-refractivity contribution in [3.8, 4) is 0 Å². The molecule has 0 radical (unpaired) electrons. The molecule has 1 saturated carbocycles. The van der Waals surface area contributed by atoms with Crippen LogP contribution in [0.3, 0.4) is 0 Å². The summed E-state index contributed by atoms with van der Waals surface area (Å²) in [6.45, 7) is 5.32. The van der Waals surface area contributed by atoms with E-state index in [1.54, 1.807) is 0 Å². The molecule has 1 fully saturated rings. The van der Waals surface area contributed by atoms with Crippen LogP contribution in [0.1, 0.15) is 33.1 Å². The molecule has 0 aromatic carbocycles. The van der Waals surface area contributed by atoms with E-state index in [0.29, 0.717) is 12.0 Å². The topological polar surface area (TPSA) is 50.1 Å². The van der Waals surface area contributed by atoms with E-state index in [9.17, 15) is 5.11 Å². The van der Waals surface area contributed by atoms with Gasteiger partial charge in [-0.25, -0.2) is 4.98 Å². The summed E-state index contributed by atoms with van der Waals surface area (Å²) in [6, 6.07) is 4.50. The van der Waals surface area contributed by atoms with Crippen LogP contribution in [0.25, 0.3) is 11.0 Å². The molecule has 2 heterocycles. The number of aryl methyl sites for hydroxylation is 1. The molecule has 0 saturated heterocycles. The number of aliphatic hydroxyl groups is 1. The van der Waals surface area contributed by atoms with Gasteiger partial charge in [-0.15, -0.1) is 0 Å². The Morgan fingerprint density at radius 2 is 2.25 bits per heavy atom. The van der Waals surface area contributed by atoms with Crippen molar-refractivity contribution in [1.29, 1.82) is 0 Å². The van der Waals surface area contributed by atoms with Gasteiger partial charge in [0.25, 0.3) is 0 Å². The van der Waals surface area contributed by atoms with Crippen molar-refractivity contribution in [3.63, 3.8) is 0 Å². The highest BCUT2D eigenvalue weighted by Crippen LogP contribution is 2.30. The Labute approximate surface area is 119 Å². The number of nitrogens with zero attached hydrogens (tertiary/aromatic N) is 2. The number of anilines is 1. The lowest BCUT2D eigenvalue weighted by Crippen LogP contribution is -2.36. The monoisotopic (exact) mass is 273 g/mol. The first-order valence-electron chi connectivity index (χ1n) is 7.57. The van der Waals surface area contributed by atoms with Gasteiger partial charge in [-0.2, -0.15) is 0 Å². The maximum Gasteiger partial charge on any atom is 0.141 e. The highest BCUT2D eigenvalue weighted by atomic mass is 16.3. The van der Waals surface area contributed by atoms with Crippen LogP contribution in [0.15, 0.2) is 24.5 Å². The molecule has 2 aromatic rings. The molecule has 4 heteroatoms. The predicted molar refractivity (Wildman–Crippen MR) is 81.8 cm³/mol. The number of fused-ring (bicyclic) bond motifs is 1. The summed E-state index contributed by atoms with van der Waals surface area (Å²) < 4.78 is 2.15. The zero-order valence-electron chi connectivity index (χ0n) is 12.2. The molecule has 3 atom stereocenters. The molecular formula is C16H23N3O. The minimum Gasteiger partial charge on any atom is -0.393 e. The second kappa shape index (κ2) is 5.44. The highest BCUT2D eigenvalue weighted by molar-refractivity contribution is 5.89. The smallest absolute Gasteiger partial charge is 0.141 e. The van der Waals surface area contributed by atoms with Gasteiger partial charge in [0.15, 0.2) is 0 Å². The number of hydrogen-bond donors (Lipinski definition) is 2. The standard InChI is InChI=1S/C16H23N3O/c1-3-19-9-7-13-14(6-8-17-16(13)19)18-15-10-12(20)5-4-11(15)2/h6-9,11-12,15,20H,3-5,10H2,1-2H3,(H,17,18)/t11-,12-,15-/m1/s1. The zero-order chi connectivity index (χ0) is 14.1. The van der Waals surface area contributed by atoms with Gasteiger partial charge in [-0.3, -0.25) is 0 Å². The van der Waals surface area contributed by atoms with Gasteiger partial charge in [-0.05, 0) is 44.2 Å². The molecule has 0 amide bonds. The second-order valence-electron chi connectivity index (χ2n) is 5.89. The molecule has 0 spiro atoms. The fourth-order valence-electron chi connectivity index (χ4n) is 3.17. The Hall–Kier alpha value is -1.55. The number of hydrogen-bond acceptors (Lipinski definition) is 3. The molecule has 1 aliphatic rings. The van der Waals surface area contributed by atoms with Crippen LogP contribution in [-0.2, 0) is 6.54 Å². The molecule has 3 rings (SSSR count). The fourth-order valence-corrected chi connectivity index (χ4v) is 3.17. The summed E-state index contributed by atoms with van der Waals surface area (Å²) in [6.07, 6.45) is 6.63. The normalized spacial score (nSPS) is 26.9. The van der Waals surface area contributed by atoms with Crippen LogP contribution in [0.2, 0.25) is 0 Å². The average Bonchev–Trinajstić information content (AvgIpc) is 2.87. The highest BCUT2D eigenvalue weighted by Gasteiger charge is 2.26. The number of rotatable bonds is 3. The molecule has 2 N–H and O–H groups in total. The van der Waals surface area contributed by atoms with E-state index in [-0.39, 0.29) is 6.10 Å². The van der Waals surface area contributed by atoms with E-state index in [1.807, 2.05) is 12.3 Å². The van der Waals surface area contributed by atoms with E-state index >= 15 is 0 Å². The van der Waals surface area contributed by atoms with Gasteiger partial charge in [0.2, 0.25) is 0 Å². The number of aliphatic hydroxyl groups excluding tert-OH is 1. The van der Waals surface area contributed by atoms with Gasteiger partial charge in [0, 0.05) is 36.1 Å². The van der Waals surface area contributed by atoms with Crippen molar-refractivity contribution in [1.82, 2.24) is 9.55 Å². The zero-order valence-corrected chi connectivity index (χ0v) is 12.2. The van der Waals surface area contributed by atoms with E-state index in [1.165, 1.54) is 5.39 Å². The first-order valence-corrected chi connectivity index (χ1v) is 7.57. The SMILES string of the molecule is CCn1ccc2c(N[C@@H]3C[C@H](O)CC[C@H]3C)ccnc21. The molecular weight excluding hydrogens is 250 g/mol. The maximum absolute atomic E-state index is 9.87. The Bertz CT molecular complexity index is 592. The van der Waals surface area contributed by atoms with Crippen LogP contribution >= 0.6 is 0 Å². The summed E-state index contributed by atoms with van der Waals surface area (Å²) in [5.74, 6) is 0.592. The lowest BCUT2D eigenvalue weighted by Gasteiger charge is -2.33. The van der Waals surface area contributed by atoms with Crippen LogP contribution in [-0.4, -0.2) is 26.8 Å². The molecule has 108 valence electrons. The lowest BCUT2D eigenvalue weighted by atomic mass is 9.84. The summed E-state index contributed by atoms with van der Waals surface area (Å²) in [7, 11) is 0. The number of aromatic nitrogens is 2. The van der Waals surface area contributed by atoms with Crippen molar-refractivity contribution in [2.24, 2.45) is 5.92 Å². The Kier molecular flexibility index (Phi) is 3.66. The second-order valence-corrected chi connectivity index (χ2v) is 5.89. The first kappa shape index (κ1) is 13.4. The fraction of sp³-hybridized carbons (Fsp3) is 0.562. The maximum atomic E-state index is 9.87. The summed E-state index contributed by atoms with van der Waals surface area (Å²) in [5, 5.41) is 14.7. The van der Waals surface area contributed by atoms with Crippen molar-refractivity contribution in [2.75, 3.05) is 5.32 Å². The molecule has 0 unspecified atom stereocenters. The molecule has 20 heavy (non-hydrogen) atoms. The molecule has 0 aliphatic heterocycles. The minimum absolute atomic E-state index is 0.165. The van der Waals surface area contributed by atoms with E-state index in [2.05, 4.69) is 41.0 Å². The molecule has 0 bridgehead atoms. The Balaban J connectivity index is 1.88. The van der Waals surface area contributed by atoms with Gasteiger partial charge < -0.3 is 15.0 Å². The van der Waals surface area contributed by atoms with E-state index in [4.69, 9.17) is 0 Å². The summed E-state index contributed by atoms with van der Waals surface area (Å²) >= 11 is 0. The van der Waals surface area contributed by atoms with Crippen LogP contribution in [0.5, 0.6) is 0 Å². The summed E-state index contributed by atoms with van der Waals surface area (Å²) in [4.78, 5) is 4.47. The minimum atomic E-state index is -0.165. The van der Waals surface area contributed by atoms with Crippen molar-refractivity contribution in [2.45, 2.75) is 51.8 Å². The van der Waals surface area contributed by atoms with Gasteiger partial charge >= 0.3 is 0 Å². The lowest BCUT2D eigenvalue weighted by molar-refractivity contribution is 0.105. The Morgan fingerprint density at radius 1 is 1.40 bits per heavy atom. The van der Waals surface area contributed by atoms with Crippen LogP contribution in [0, 0.1) is 5.92 Å². The van der Waals surface area contributed by atoms with Crippen molar-refractivity contribution < 1.29 is 5.11 Å². The van der Waals surface area contributed by atoms with Gasteiger partial charge in [0.1, 0.15) is 5.65 Å². The largest absolute Gasteiger partial charge is 0.393 e. The van der Waals surface area contributed by atoms with Crippen LogP contribution < -0.4 is 5.32 Å². The third-order valence-electron chi connectivity index (χ3n) is 4.51.